The average Bonchev–Trinajstić information content (AvgIpc) is 2.77. The molecule has 26 heavy (non-hydrogen) atoms. The summed E-state index contributed by atoms with van der Waals surface area (Å²) in [4.78, 5) is 12.0. The van der Waals surface area contributed by atoms with Gasteiger partial charge in [0.05, 0.1) is 35.8 Å². The Hall–Kier alpha value is -1.25. The first kappa shape index (κ1) is 21.1. The van der Waals surface area contributed by atoms with Crippen molar-refractivity contribution in [2.75, 3.05) is 13.7 Å². The maximum absolute atomic E-state index is 12.0. The van der Waals surface area contributed by atoms with Gasteiger partial charge in [-0.1, -0.05) is 0 Å². The average molecular weight is 429 g/mol. The number of rotatable bonds is 6. The lowest BCUT2D eigenvalue weighted by Crippen LogP contribution is -2.41. The fraction of sp³-hybridized carbons (Fsp3) is 0.611. The third-order valence-electron chi connectivity index (χ3n) is 4.99. The number of esters is 1. The smallest absolute Gasteiger partial charge is 0.466 e. The van der Waals surface area contributed by atoms with Crippen LogP contribution in [0, 0.1) is 0 Å². The lowest BCUT2D eigenvalue weighted by molar-refractivity contribution is -0.140. The molecule has 1 saturated heterocycles. The van der Waals surface area contributed by atoms with Gasteiger partial charge in [-0.2, -0.15) is 0 Å². The summed E-state index contributed by atoms with van der Waals surface area (Å²) in [5.74, 6) is -0.434. The number of halogens is 1. The number of hydrogen-bond donors (Lipinski definition) is 1. The summed E-state index contributed by atoms with van der Waals surface area (Å²) in [6.07, 6.45) is 0.0795. The second-order valence-electron chi connectivity index (χ2n) is 7.29. The summed E-state index contributed by atoms with van der Waals surface area (Å²) < 4.78 is 23.1. The molecule has 0 saturated carbocycles. The van der Waals surface area contributed by atoms with Crippen LogP contribution in [0.1, 0.15) is 52.4 Å². The van der Waals surface area contributed by atoms with Crippen LogP contribution in [0.5, 0.6) is 11.5 Å². The van der Waals surface area contributed by atoms with E-state index in [1.807, 2.05) is 34.6 Å². The third-order valence-corrected chi connectivity index (χ3v) is 5.60. The molecular formula is C18H26BBrO6. The van der Waals surface area contributed by atoms with Crippen LogP contribution in [0.25, 0.3) is 0 Å². The van der Waals surface area contributed by atoms with Gasteiger partial charge in [0.2, 0.25) is 0 Å². The Morgan fingerprint density at radius 2 is 1.85 bits per heavy atom. The first-order valence-corrected chi connectivity index (χ1v) is 9.39. The van der Waals surface area contributed by atoms with E-state index in [1.165, 1.54) is 7.11 Å². The molecule has 0 amide bonds. The zero-order valence-corrected chi connectivity index (χ0v) is 17.7. The molecular weight excluding hydrogens is 403 g/mol. The van der Waals surface area contributed by atoms with Gasteiger partial charge >= 0.3 is 13.1 Å². The molecule has 1 atom stereocenters. The van der Waals surface area contributed by atoms with Crippen molar-refractivity contribution in [3.8, 4) is 11.5 Å². The highest BCUT2D eigenvalue weighted by Crippen LogP contribution is 2.44. The van der Waals surface area contributed by atoms with Gasteiger partial charge in [0, 0.05) is 5.82 Å². The first-order valence-electron chi connectivity index (χ1n) is 8.60. The SMILES string of the molecule is CCOc1cc(C(CC(=O)OC)B2OC(C)(C)C(C)(C)O2)cc(Br)c1O. The van der Waals surface area contributed by atoms with Crippen molar-refractivity contribution in [3.05, 3.63) is 22.2 Å². The van der Waals surface area contributed by atoms with Crippen LogP contribution in [0.4, 0.5) is 0 Å². The Morgan fingerprint density at radius 1 is 1.27 bits per heavy atom. The van der Waals surface area contributed by atoms with Gasteiger partial charge in [0.25, 0.3) is 0 Å². The molecule has 1 aliphatic heterocycles. The van der Waals surface area contributed by atoms with E-state index >= 15 is 0 Å². The van der Waals surface area contributed by atoms with Gasteiger partial charge in [0.15, 0.2) is 11.5 Å². The van der Waals surface area contributed by atoms with Crippen LogP contribution in [-0.2, 0) is 18.8 Å². The van der Waals surface area contributed by atoms with E-state index in [1.54, 1.807) is 12.1 Å². The lowest BCUT2D eigenvalue weighted by atomic mass is 9.66. The number of aromatic hydroxyl groups is 1. The molecule has 0 aliphatic carbocycles. The van der Waals surface area contributed by atoms with Gasteiger partial charge < -0.3 is 23.9 Å². The van der Waals surface area contributed by atoms with E-state index < -0.39 is 24.1 Å². The van der Waals surface area contributed by atoms with Gasteiger partial charge in [0.1, 0.15) is 0 Å². The molecule has 2 rings (SSSR count). The molecule has 1 unspecified atom stereocenters. The van der Waals surface area contributed by atoms with E-state index in [4.69, 9.17) is 18.8 Å². The third kappa shape index (κ3) is 4.18. The molecule has 1 aromatic rings. The molecule has 0 radical (unpaired) electrons. The molecule has 1 N–H and O–H groups in total. The van der Waals surface area contributed by atoms with E-state index in [0.29, 0.717) is 16.8 Å². The van der Waals surface area contributed by atoms with Crippen LogP contribution in [-0.4, -0.2) is 43.1 Å². The zero-order chi connectivity index (χ0) is 19.7. The monoisotopic (exact) mass is 428 g/mol. The summed E-state index contributed by atoms with van der Waals surface area (Å²) in [6, 6.07) is 3.46. The quantitative estimate of drug-likeness (QED) is 0.548. The van der Waals surface area contributed by atoms with Crippen molar-refractivity contribution in [1.29, 1.82) is 0 Å². The maximum Gasteiger partial charge on any atom is 0.466 e. The predicted octanol–water partition coefficient (Wildman–Crippen LogP) is 3.83. The van der Waals surface area contributed by atoms with Crippen LogP contribution < -0.4 is 4.74 Å². The topological polar surface area (TPSA) is 74.2 Å². The molecule has 1 aromatic carbocycles. The number of carbonyl (C=O) groups excluding carboxylic acids is 1. The molecule has 1 aliphatic rings. The zero-order valence-electron chi connectivity index (χ0n) is 16.1. The highest BCUT2D eigenvalue weighted by atomic mass is 79.9. The number of phenolic OH excluding ortho intramolecular Hbond substituents is 1. The minimum absolute atomic E-state index is 0.0151. The van der Waals surface area contributed by atoms with Crippen LogP contribution in [0.3, 0.4) is 0 Å². The van der Waals surface area contributed by atoms with E-state index in [9.17, 15) is 9.90 Å². The van der Waals surface area contributed by atoms with Crippen molar-refractivity contribution in [2.45, 2.75) is 58.1 Å². The van der Waals surface area contributed by atoms with Crippen LogP contribution >= 0.6 is 15.9 Å². The molecule has 1 fully saturated rings. The molecule has 1 heterocycles. The van der Waals surface area contributed by atoms with E-state index in [2.05, 4.69) is 15.9 Å². The highest BCUT2D eigenvalue weighted by molar-refractivity contribution is 9.10. The largest absolute Gasteiger partial charge is 0.503 e. The van der Waals surface area contributed by atoms with Crippen molar-refractivity contribution in [1.82, 2.24) is 0 Å². The van der Waals surface area contributed by atoms with Gasteiger partial charge in [-0.25, -0.2) is 0 Å². The van der Waals surface area contributed by atoms with E-state index in [0.717, 1.165) is 5.56 Å². The first-order chi connectivity index (χ1) is 12.0. The Balaban J connectivity index is 2.45. The lowest BCUT2D eigenvalue weighted by Gasteiger charge is -2.32. The van der Waals surface area contributed by atoms with Crippen molar-refractivity contribution in [3.63, 3.8) is 0 Å². The molecule has 144 valence electrons. The maximum atomic E-state index is 12.0. The minimum atomic E-state index is -0.634. The number of carbonyl (C=O) groups is 1. The van der Waals surface area contributed by atoms with Crippen molar-refractivity contribution < 1.29 is 28.7 Å². The second-order valence-corrected chi connectivity index (χ2v) is 8.15. The summed E-state index contributed by atoms with van der Waals surface area (Å²) in [6.45, 7) is 10.1. The molecule has 0 aromatic heterocycles. The van der Waals surface area contributed by atoms with Crippen LogP contribution in [0.15, 0.2) is 16.6 Å². The summed E-state index contributed by atoms with van der Waals surface area (Å²) in [7, 11) is 0.715. The summed E-state index contributed by atoms with van der Waals surface area (Å²) >= 11 is 3.34. The fourth-order valence-electron chi connectivity index (χ4n) is 2.76. The number of ether oxygens (including phenoxy) is 2. The van der Waals surface area contributed by atoms with E-state index in [-0.39, 0.29) is 18.1 Å². The summed E-state index contributed by atoms with van der Waals surface area (Å²) in [5.41, 5.74) is -0.298. The van der Waals surface area contributed by atoms with Crippen molar-refractivity contribution in [2.24, 2.45) is 0 Å². The summed E-state index contributed by atoms with van der Waals surface area (Å²) in [5, 5.41) is 10.2. The molecule has 0 spiro atoms. The molecule has 6 nitrogen and oxygen atoms in total. The number of hydrogen-bond acceptors (Lipinski definition) is 6. The van der Waals surface area contributed by atoms with Gasteiger partial charge in [-0.05, 0) is 68.2 Å². The Morgan fingerprint density at radius 3 is 2.35 bits per heavy atom. The number of methoxy groups -OCH3 is 1. The van der Waals surface area contributed by atoms with Gasteiger partial charge in [-0.3, -0.25) is 4.79 Å². The molecule has 8 heteroatoms. The highest BCUT2D eigenvalue weighted by Gasteiger charge is 2.54. The standard InChI is InChI=1S/C18H26BBrO6/c1-7-24-14-9-11(8-13(20)16(14)22)12(10-15(21)23-6)19-25-17(2,3)18(4,5)26-19/h8-9,12,22H,7,10H2,1-6H3. The number of phenols is 1. The minimum Gasteiger partial charge on any atom is -0.503 e. The Kier molecular flexibility index (Phi) is 6.30. The normalized spacial score (nSPS) is 19.3. The predicted molar refractivity (Wildman–Crippen MR) is 102 cm³/mol. The Labute approximate surface area is 163 Å². The number of benzene rings is 1. The Bertz CT molecular complexity index is 660. The fourth-order valence-corrected chi connectivity index (χ4v) is 3.22. The van der Waals surface area contributed by atoms with Crippen LogP contribution in [0.2, 0.25) is 0 Å². The van der Waals surface area contributed by atoms with Gasteiger partial charge in [-0.15, -0.1) is 0 Å². The molecule has 0 bridgehead atoms. The second kappa shape index (κ2) is 7.78. The van der Waals surface area contributed by atoms with Crippen molar-refractivity contribution >= 4 is 29.0 Å².